The van der Waals surface area contributed by atoms with Crippen molar-refractivity contribution >= 4 is 34.1 Å². The molecular formula is C19H17ClN2O2. The first-order valence-corrected chi connectivity index (χ1v) is 7.90. The molecule has 0 radical (unpaired) electrons. The second kappa shape index (κ2) is 7.23. The molecule has 5 heteroatoms. The van der Waals surface area contributed by atoms with Gasteiger partial charge in [0.2, 0.25) is 0 Å². The number of fused-ring (bicyclic) bond motifs is 1. The van der Waals surface area contributed by atoms with Crippen molar-refractivity contribution in [3.8, 4) is 5.75 Å². The summed E-state index contributed by atoms with van der Waals surface area (Å²) in [4.78, 5) is 12.2. The van der Waals surface area contributed by atoms with Crippen LogP contribution in [0.25, 0.3) is 10.8 Å². The van der Waals surface area contributed by atoms with E-state index in [4.69, 9.17) is 16.3 Å². The monoisotopic (exact) mass is 340 g/mol. The van der Waals surface area contributed by atoms with Crippen LogP contribution in [0.5, 0.6) is 5.75 Å². The summed E-state index contributed by atoms with van der Waals surface area (Å²) >= 11 is 5.97. The van der Waals surface area contributed by atoms with Gasteiger partial charge in [0.25, 0.3) is 0 Å². The Labute approximate surface area is 145 Å². The number of methoxy groups -OCH3 is 1. The summed E-state index contributed by atoms with van der Waals surface area (Å²) in [5, 5.41) is 8.42. The predicted molar refractivity (Wildman–Crippen MR) is 97.8 cm³/mol. The molecule has 0 unspecified atom stereocenters. The number of halogens is 1. The highest BCUT2D eigenvalue weighted by atomic mass is 35.5. The van der Waals surface area contributed by atoms with Crippen molar-refractivity contribution in [2.45, 2.75) is 6.54 Å². The summed E-state index contributed by atoms with van der Waals surface area (Å²) < 4.78 is 5.22. The van der Waals surface area contributed by atoms with Gasteiger partial charge < -0.3 is 15.4 Å². The number of ether oxygens (including phenoxy) is 1. The zero-order valence-corrected chi connectivity index (χ0v) is 13.9. The number of benzene rings is 3. The summed E-state index contributed by atoms with van der Waals surface area (Å²) in [5.41, 5.74) is 1.58. The van der Waals surface area contributed by atoms with Crippen LogP contribution in [0.3, 0.4) is 0 Å². The lowest BCUT2D eigenvalue weighted by molar-refractivity contribution is 0.251. The van der Waals surface area contributed by atoms with Gasteiger partial charge in [-0.1, -0.05) is 54.1 Å². The number of carbonyl (C=O) groups excluding carboxylic acids is 1. The fourth-order valence-electron chi connectivity index (χ4n) is 2.57. The van der Waals surface area contributed by atoms with Gasteiger partial charge in [-0.05, 0) is 34.5 Å². The van der Waals surface area contributed by atoms with Gasteiger partial charge in [-0.15, -0.1) is 0 Å². The number of anilines is 1. The number of hydrogen-bond acceptors (Lipinski definition) is 2. The molecule has 2 N–H and O–H groups in total. The number of nitrogens with one attached hydrogen (secondary N) is 2. The Kier molecular flexibility index (Phi) is 4.87. The Morgan fingerprint density at radius 2 is 1.88 bits per heavy atom. The predicted octanol–water partition coefficient (Wildman–Crippen LogP) is 4.82. The molecule has 2 amide bonds. The quantitative estimate of drug-likeness (QED) is 0.715. The third kappa shape index (κ3) is 3.60. The van der Waals surface area contributed by atoms with Crippen LogP contribution in [0.2, 0.25) is 5.02 Å². The lowest BCUT2D eigenvalue weighted by Crippen LogP contribution is -2.28. The van der Waals surface area contributed by atoms with Gasteiger partial charge >= 0.3 is 6.03 Å². The van der Waals surface area contributed by atoms with E-state index in [2.05, 4.69) is 22.8 Å². The molecule has 0 aliphatic carbocycles. The number of hydrogen-bond donors (Lipinski definition) is 2. The Hall–Kier alpha value is -2.72. The van der Waals surface area contributed by atoms with E-state index in [0.29, 0.717) is 23.0 Å². The fourth-order valence-corrected chi connectivity index (χ4v) is 2.74. The van der Waals surface area contributed by atoms with Gasteiger partial charge in [0.15, 0.2) is 0 Å². The van der Waals surface area contributed by atoms with Gasteiger partial charge in [0.05, 0.1) is 12.8 Å². The zero-order valence-electron chi connectivity index (χ0n) is 13.2. The molecule has 0 heterocycles. The van der Waals surface area contributed by atoms with E-state index in [-0.39, 0.29) is 6.03 Å². The molecule has 3 rings (SSSR count). The van der Waals surface area contributed by atoms with E-state index in [9.17, 15) is 4.79 Å². The Balaban J connectivity index is 1.71. The molecule has 24 heavy (non-hydrogen) atoms. The van der Waals surface area contributed by atoms with E-state index < -0.39 is 0 Å². The van der Waals surface area contributed by atoms with E-state index in [0.717, 1.165) is 16.3 Å². The molecule has 0 fully saturated rings. The molecule has 3 aromatic carbocycles. The van der Waals surface area contributed by atoms with Gasteiger partial charge in [0.1, 0.15) is 5.75 Å². The average molecular weight is 341 g/mol. The molecule has 0 saturated heterocycles. The average Bonchev–Trinajstić information content (AvgIpc) is 2.60. The van der Waals surface area contributed by atoms with Crippen molar-refractivity contribution in [2.24, 2.45) is 0 Å². The third-order valence-electron chi connectivity index (χ3n) is 3.73. The smallest absolute Gasteiger partial charge is 0.319 e. The molecule has 0 saturated carbocycles. The minimum atomic E-state index is -0.316. The summed E-state index contributed by atoms with van der Waals surface area (Å²) in [7, 11) is 1.54. The van der Waals surface area contributed by atoms with Crippen LogP contribution in [-0.4, -0.2) is 13.1 Å². The maximum atomic E-state index is 12.2. The molecular weight excluding hydrogens is 324 g/mol. The highest BCUT2D eigenvalue weighted by Gasteiger charge is 2.08. The molecule has 0 aromatic heterocycles. The lowest BCUT2D eigenvalue weighted by Gasteiger charge is -2.12. The summed E-state index contributed by atoms with van der Waals surface area (Å²) in [6, 6.07) is 18.9. The molecule has 0 bridgehead atoms. The van der Waals surface area contributed by atoms with Crippen LogP contribution in [0.15, 0.2) is 60.7 Å². The number of carbonyl (C=O) groups is 1. The first-order chi connectivity index (χ1) is 11.7. The second-order valence-electron chi connectivity index (χ2n) is 5.29. The van der Waals surface area contributed by atoms with E-state index in [1.54, 1.807) is 25.3 Å². The summed E-state index contributed by atoms with van der Waals surface area (Å²) in [6.45, 7) is 0.427. The Morgan fingerprint density at radius 3 is 2.71 bits per heavy atom. The number of rotatable bonds is 4. The zero-order chi connectivity index (χ0) is 16.9. The standard InChI is InChI=1S/C19H17ClN2O2/c1-24-18-10-9-15(20)11-17(18)22-19(23)21-12-14-7-4-6-13-5-2-3-8-16(13)14/h2-11H,12H2,1H3,(H2,21,22,23). The third-order valence-corrected chi connectivity index (χ3v) is 3.96. The van der Waals surface area contributed by atoms with Crippen molar-refractivity contribution in [3.63, 3.8) is 0 Å². The van der Waals surface area contributed by atoms with Crippen molar-refractivity contribution in [2.75, 3.05) is 12.4 Å². The number of amides is 2. The van der Waals surface area contributed by atoms with Crippen molar-refractivity contribution < 1.29 is 9.53 Å². The van der Waals surface area contributed by atoms with Crippen LogP contribution >= 0.6 is 11.6 Å². The SMILES string of the molecule is COc1ccc(Cl)cc1NC(=O)NCc1cccc2ccccc12. The molecule has 0 aliphatic heterocycles. The van der Waals surface area contributed by atoms with Crippen LogP contribution in [-0.2, 0) is 6.54 Å². The van der Waals surface area contributed by atoms with E-state index >= 15 is 0 Å². The number of urea groups is 1. The normalized spacial score (nSPS) is 10.4. The maximum absolute atomic E-state index is 12.2. The Morgan fingerprint density at radius 1 is 1.08 bits per heavy atom. The molecule has 122 valence electrons. The van der Waals surface area contributed by atoms with Crippen LogP contribution in [0.4, 0.5) is 10.5 Å². The minimum absolute atomic E-state index is 0.316. The van der Waals surface area contributed by atoms with Crippen LogP contribution in [0, 0.1) is 0 Å². The fraction of sp³-hybridized carbons (Fsp3) is 0.105. The van der Waals surface area contributed by atoms with Gasteiger partial charge in [-0.25, -0.2) is 4.79 Å². The largest absolute Gasteiger partial charge is 0.495 e. The maximum Gasteiger partial charge on any atom is 0.319 e. The minimum Gasteiger partial charge on any atom is -0.495 e. The van der Waals surface area contributed by atoms with Crippen LogP contribution in [0.1, 0.15) is 5.56 Å². The molecule has 0 spiro atoms. The van der Waals surface area contributed by atoms with E-state index in [1.165, 1.54) is 0 Å². The highest BCUT2D eigenvalue weighted by molar-refractivity contribution is 6.31. The van der Waals surface area contributed by atoms with Gasteiger partial charge in [0, 0.05) is 11.6 Å². The molecule has 3 aromatic rings. The van der Waals surface area contributed by atoms with Crippen molar-refractivity contribution in [3.05, 3.63) is 71.2 Å². The molecule has 0 atom stereocenters. The van der Waals surface area contributed by atoms with Gasteiger partial charge in [-0.3, -0.25) is 0 Å². The first-order valence-electron chi connectivity index (χ1n) is 7.52. The summed E-state index contributed by atoms with van der Waals surface area (Å²) in [6.07, 6.45) is 0. The second-order valence-corrected chi connectivity index (χ2v) is 5.73. The Bertz CT molecular complexity index is 875. The van der Waals surface area contributed by atoms with Crippen molar-refractivity contribution in [1.29, 1.82) is 0 Å². The molecule has 4 nitrogen and oxygen atoms in total. The van der Waals surface area contributed by atoms with E-state index in [1.807, 2.05) is 30.3 Å². The first kappa shape index (κ1) is 16.1. The van der Waals surface area contributed by atoms with Crippen molar-refractivity contribution in [1.82, 2.24) is 5.32 Å². The lowest BCUT2D eigenvalue weighted by atomic mass is 10.0. The summed E-state index contributed by atoms with van der Waals surface area (Å²) in [5.74, 6) is 0.555. The molecule has 0 aliphatic rings. The topological polar surface area (TPSA) is 50.4 Å². The highest BCUT2D eigenvalue weighted by Crippen LogP contribution is 2.27. The van der Waals surface area contributed by atoms with Crippen LogP contribution < -0.4 is 15.4 Å². The van der Waals surface area contributed by atoms with Gasteiger partial charge in [-0.2, -0.15) is 0 Å².